The summed E-state index contributed by atoms with van der Waals surface area (Å²) >= 11 is 5.88. The molecular formula is C20H22ClNO4. The quantitative estimate of drug-likeness (QED) is 0.735. The molecule has 0 aromatic heterocycles. The van der Waals surface area contributed by atoms with Gasteiger partial charge in [0.2, 0.25) is 5.91 Å². The van der Waals surface area contributed by atoms with Gasteiger partial charge in [-0.05, 0) is 36.8 Å². The molecule has 0 radical (unpaired) electrons. The number of ether oxygens (including phenoxy) is 3. The van der Waals surface area contributed by atoms with Crippen LogP contribution in [0.4, 0.5) is 0 Å². The third-order valence-corrected chi connectivity index (χ3v) is 4.13. The maximum Gasteiger partial charge on any atom is 0.244 e. The van der Waals surface area contributed by atoms with Crippen molar-refractivity contribution >= 4 is 23.6 Å². The van der Waals surface area contributed by atoms with Crippen LogP contribution in [-0.4, -0.2) is 27.2 Å². The van der Waals surface area contributed by atoms with E-state index in [0.29, 0.717) is 27.8 Å². The smallest absolute Gasteiger partial charge is 0.244 e. The van der Waals surface area contributed by atoms with Gasteiger partial charge in [0, 0.05) is 22.7 Å². The molecule has 0 heterocycles. The van der Waals surface area contributed by atoms with Gasteiger partial charge in [0.25, 0.3) is 0 Å². The lowest BCUT2D eigenvalue weighted by Gasteiger charge is -2.13. The lowest BCUT2D eigenvalue weighted by atomic mass is 10.1. The molecule has 0 aliphatic carbocycles. The van der Waals surface area contributed by atoms with Gasteiger partial charge in [0.1, 0.15) is 5.75 Å². The molecule has 1 amide bonds. The first-order valence-corrected chi connectivity index (χ1v) is 8.40. The average Bonchev–Trinajstić information content (AvgIpc) is 2.65. The van der Waals surface area contributed by atoms with Crippen molar-refractivity contribution in [2.75, 3.05) is 21.3 Å². The number of benzene rings is 2. The minimum atomic E-state index is -0.218. The molecule has 26 heavy (non-hydrogen) atoms. The highest BCUT2D eigenvalue weighted by atomic mass is 35.5. The summed E-state index contributed by atoms with van der Waals surface area (Å²) in [5.74, 6) is 1.48. The van der Waals surface area contributed by atoms with E-state index in [0.717, 1.165) is 5.56 Å². The summed E-state index contributed by atoms with van der Waals surface area (Å²) in [6.45, 7) is 1.91. The Morgan fingerprint density at radius 1 is 1.00 bits per heavy atom. The van der Waals surface area contributed by atoms with E-state index < -0.39 is 0 Å². The maximum absolute atomic E-state index is 12.2. The highest BCUT2D eigenvalue weighted by Gasteiger charge is 2.11. The zero-order chi connectivity index (χ0) is 19.1. The zero-order valence-electron chi connectivity index (χ0n) is 15.2. The van der Waals surface area contributed by atoms with Crippen LogP contribution in [-0.2, 0) is 4.79 Å². The van der Waals surface area contributed by atoms with Gasteiger partial charge >= 0.3 is 0 Å². The topological polar surface area (TPSA) is 56.8 Å². The van der Waals surface area contributed by atoms with Crippen molar-refractivity contribution < 1.29 is 19.0 Å². The van der Waals surface area contributed by atoms with E-state index in [1.54, 1.807) is 51.7 Å². The number of amides is 1. The van der Waals surface area contributed by atoms with Gasteiger partial charge in [0.15, 0.2) is 11.5 Å². The van der Waals surface area contributed by atoms with Crippen molar-refractivity contribution in [2.24, 2.45) is 0 Å². The van der Waals surface area contributed by atoms with Crippen molar-refractivity contribution in [3.63, 3.8) is 0 Å². The van der Waals surface area contributed by atoms with E-state index in [2.05, 4.69) is 5.32 Å². The first-order chi connectivity index (χ1) is 12.5. The van der Waals surface area contributed by atoms with Crippen LogP contribution in [0.25, 0.3) is 6.08 Å². The molecule has 0 aliphatic rings. The second kappa shape index (κ2) is 9.15. The maximum atomic E-state index is 12.2. The van der Waals surface area contributed by atoms with Gasteiger partial charge in [-0.3, -0.25) is 4.79 Å². The van der Waals surface area contributed by atoms with E-state index in [1.807, 2.05) is 19.1 Å². The van der Waals surface area contributed by atoms with Gasteiger partial charge in [-0.15, -0.1) is 0 Å². The first-order valence-electron chi connectivity index (χ1n) is 8.02. The Kier molecular flexibility index (Phi) is 6.92. The lowest BCUT2D eigenvalue weighted by Crippen LogP contribution is -2.24. The Labute approximate surface area is 158 Å². The second-order valence-corrected chi connectivity index (χ2v) is 6.00. The average molecular weight is 376 g/mol. The van der Waals surface area contributed by atoms with Crippen LogP contribution in [0.1, 0.15) is 24.1 Å². The number of halogens is 1. The fourth-order valence-corrected chi connectivity index (χ4v) is 2.57. The molecule has 2 aromatic rings. The van der Waals surface area contributed by atoms with E-state index in [4.69, 9.17) is 25.8 Å². The van der Waals surface area contributed by atoms with Crippen LogP contribution < -0.4 is 19.5 Å². The molecule has 1 atom stereocenters. The third kappa shape index (κ3) is 4.92. The van der Waals surface area contributed by atoms with Crippen LogP contribution in [0.5, 0.6) is 17.2 Å². The van der Waals surface area contributed by atoms with Gasteiger partial charge in [-0.2, -0.15) is 0 Å². The second-order valence-electron chi connectivity index (χ2n) is 5.56. The fourth-order valence-electron chi connectivity index (χ4n) is 2.44. The van der Waals surface area contributed by atoms with Crippen molar-refractivity contribution in [2.45, 2.75) is 13.0 Å². The lowest BCUT2D eigenvalue weighted by molar-refractivity contribution is -0.117. The van der Waals surface area contributed by atoms with Gasteiger partial charge in [-0.25, -0.2) is 0 Å². The number of hydrogen-bond donors (Lipinski definition) is 1. The zero-order valence-corrected chi connectivity index (χ0v) is 16.0. The van der Waals surface area contributed by atoms with Crippen LogP contribution in [0.15, 0.2) is 42.5 Å². The number of hydrogen-bond acceptors (Lipinski definition) is 4. The summed E-state index contributed by atoms with van der Waals surface area (Å²) in [5, 5.41) is 3.57. The largest absolute Gasteiger partial charge is 0.496 e. The van der Waals surface area contributed by atoms with E-state index in [-0.39, 0.29) is 11.9 Å². The summed E-state index contributed by atoms with van der Waals surface area (Å²) in [4.78, 5) is 12.2. The molecule has 2 rings (SSSR count). The predicted octanol–water partition coefficient (Wildman–Crippen LogP) is 4.26. The molecule has 0 fully saturated rings. The Hall–Kier alpha value is -2.66. The summed E-state index contributed by atoms with van der Waals surface area (Å²) in [7, 11) is 4.66. The number of carbonyl (C=O) groups excluding carboxylic acids is 1. The highest BCUT2D eigenvalue weighted by molar-refractivity contribution is 6.30. The number of nitrogens with one attached hydrogen (secondary N) is 1. The number of methoxy groups -OCH3 is 3. The van der Waals surface area contributed by atoms with E-state index >= 15 is 0 Å². The van der Waals surface area contributed by atoms with Crippen LogP contribution in [0.3, 0.4) is 0 Å². The molecule has 0 spiro atoms. The molecule has 138 valence electrons. The summed E-state index contributed by atoms with van der Waals surface area (Å²) < 4.78 is 15.9. The molecule has 6 heteroatoms. The molecule has 5 nitrogen and oxygen atoms in total. The minimum absolute atomic E-state index is 0.142. The Balaban J connectivity index is 2.13. The minimum Gasteiger partial charge on any atom is -0.496 e. The third-order valence-electron chi connectivity index (χ3n) is 3.88. The molecular weight excluding hydrogens is 354 g/mol. The molecule has 0 saturated carbocycles. The van der Waals surface area contributed by atoms with Crippen LogP contribution in [0, 0.1) is 0 Å². The highest BCUT2D eigenvalue weighted by Crippen LogP contribution is 2.35. The molecule has 0 unspecified atom stereocenters. The Morgan fingerprint density at radius 2 is 1.58 bits per heavy atom. The number of rotatable bonds is 7. The fraction of sp³-hybridized carbons (Fsp3) is 0.250. The van der Waals surface area contributed by atoms with Gasteiger partial charge in [-0.1, -0.05) is 23.7 Å². The van der Waals surface area contributed by atoms with Crippen LogP contribution in [0.2, 0.25) is 5.02 Å². The summed E-state index contributed by atoms with van der Waals surface area (Å²) in [6, 6.07) is 10.7. The van der Waals surface area contributed by atoms with Crippen molar-refractivity contribution in [1.29, 1.82) is 0 Å². The summed E-state index contributed by atoms with van der Waals surface area (Å²) in [6.07, 6.45) is 3.13. The van der Waals surface area contributed by atoms with Gasteiger partial charge < -0.3 is 19.5 Å². The normalized spacial score (nSPS) is 11.9. The standard InChI is InChI=1S/C20H22ClNO4/c1-13(14-5-8-16(21)9-6-14)22-20(23)10-7-15-11-18(25-3)19(26-4)12-17(15)24-2/h5-13H,1-4H3,(H,22,23)/b10-7+/t13-/m0/s1. The first kappa shape index (κ1) is 19.7. The molecule has 2 aromatic carbocycles. The Bertz CT molecular complexity index is 787. The predicted molar refractivity (Wildman–Crippen MR) is 103 cm³/mol. The molecule has 0 bridgehead atoms. The number of carbonyl (C=O) groups is 1. The Morgan fingerprint density at radius 3 is 2.15 bits per heavy atom. The summed E-state index contributed by atoms with van der Waals surface area (Å²) in [5.41, 5.74) is 1.68. The van der Waals surface area contributed by atoms with Crippen molar-refractivity contribution in [3.05, 3.63) is 58.6 Å². The molecule has 0 aliphatic heterocycles. The molecule has 0 saturated heterocycles. The van der Waals surface area contributed by atoms with Crippen LogP contribution >= 0.6 is 11.6 Å². The van der Waals surface area contributed by atoms with Crippen molar-refractivity contribution in [1.82, 2.24) is 5.32 Å². The monoisotopic (exact) mass is 375 g/mol. The SMILES string of the molecule is COc1cc(OC)c(OC)cc1/C=C/C(=O)N[C@@H](C)c1ccc(Cl)cc1. The van der Waals surface area contributed by atoms with E-state index in [9.17, 15) is 4.79 Å². The van der Waals surface area contributed by atoms with Gasteiger partial charge in [0.05, 0.1) is 27.4 Å². The van der Waals surface area contributed by atoms with Crippen molar-refractivity contribution in [3.8, 4) is 17.2 Å². The molecule has 1 N–H and O–H groups in total. The van der Waals surface area contributed by atoms with E-state index in [1.165, 1.54) is 6.08 Å².